The Morgan fingerprint density at radius 1 is 1.03 bits per heavy atom. The minimum atomic E-state index is -0.434. The quantitative estimate of drug-likeness (QED) is 0.373. The van der Waals surface area contributed by atoms with Gasteiger partial charge >= 0.3 is 5.69 Å². The number of hydrogen-bond acceptors (Lipinski definition) is 6. The molecule has 0 aliphatic heterocycles. The molecule has 2 heterocycles. The maximum absolute atomic E-state index is 13.0. The van der Waals surface area contributed by atoms with Crippen LogP contribution in [0.15, 0.2) is 69.3 Å². The van der Waals surface area contributed by atoms with E-state index < -0.39 is 11.2 Å². The van der Waals surface area contributed by atoms with Gasteiger partial charge in [0.1, 0.15) is 5.75 Å². The van der Waals surface area contributed by atoms with Gasteiger partial charge in [0.2, 0.25) is 5.95 Å². The van der Waals surface area contributed by atoms with Gasteiger partial charge in [0.05, 0.1) is 19.4 Å². The summed E-state index contributed by atoms with van der Waals surface area (Å²) in [6.45, 7) is 2.26. The van der Waals surface area contributed by atoms with Crippen molar-refractivity contribution >= 4 is 22.8 Å². The molecule has 2 aromatic carbocycles. The summed E-state index contributed by atoms with van der Waals surface area (Å²) >= 11 is 0. The largest absolute Gasteiger partial charge is 0.497 e. The third-order valence-corrected chi connectivity index (χ3v) is 5.36. The fraction of sp³-hybridized carbons (Fsp3) is 0.217. The first kappa shape index (κ1) is 21.1. The van der Waals surface area contributed by atoms with Gasteiger partial charge in [0.15, 0.2) is 11.2 Å². The third kappa shape index (κ3) is 3.80. The second-order valence-corrected chi connectivity index (χ2v) is 7.42. The number of benzene rings is 2. The number of anilines is 1. The van der Waals surface area contributed by atoms with Gasteiger partial charge < -0.3 is 4.74 Å². The molecule has 0 aliphatic rings. The van der Waals surface area contributed by atoms with Crippen molar-refractivity contribution < 1.29 is 4.74 Å². The minimum absolute atomic E-state index is 0.300. The summed E-state index contributed by atoms with van der Waals surface area (Å²) < 4.78 is 9.39. The lowest BCUT2D eigenvalue weighted by atomic mass is 10.1. The topological polar surface area (TPSA) is 95.4 Å². The number of aromatic nitrogens is 4. The summed E-state index contributed by atoms with van der Waals surface area (Å²) in [5.41, 5.74) is 5.41. The van der Waals surface area contributed by atoms with Crippen LogP contribution in [0, 0.1) is 0 Å². The molecule has 0 unspecified atom stereocenters. The van der Waals surface area contributed by atoms with Crippen molar-refractivity contribution in [2.24, 2.45) is 19.2 Å². The Kier molecular flexibility index (Phi) is 5.63. The van der Waals surface area contributed by atoms with E-state index in [4.69, 9.17) is 4.74 Å². The highest BCUT2D eigenvalue weighted by atomic mass is 16.5. The predicted octanol–water partition coefficient (Wildman–Crippen LogP) is 2.33. The number of hydrogen-bond donors (Lipinski definition) is 1. The molecule has 0 aliphatic carbocycles. The Morgan fingerprint density at radius 3 is 2.38 bits per heavy atom. The zero-order valence-electron chi connectivity index (χ0n) is 18.4. The lowest BCUT2D eigenvalue weighted by molar-refractivity contribution is 0.415. The summed E-state index contributed by atoms with van der Waals surface area (Å²) in [6, 6.07) is 17.3. The van der Waals surface area contributed by atoms with Crippen molar-refractivity contribution in [3.8, 4) is 5.75 Å². The van der Waals surface area contributed by atoms with Crippen LogP contribution in [-0.4, -0.2) is 31.5 Å². The van der Waals surface area contributed by atoms with Gasteiger partial charge in [-0.2, -0.15) is 10.1 Å². The average molecular weight is 432 g/mol. The molecule has 9 heteroatoms. The van der Waals surface area contributed by atoms with E-state index in [-0.39, 0.29) is 0 Å². The van der Waals surface area contributed by atoms with Crippen molar-refractivity contribution in [3.63, 3.8) is 0 Å². The van der Waals surface area contributed by atoms with Gasteiger partial charge in [-0.3, -0.25) is 18.5 Å². The number of ether oxygens (including phenoxy) is 1. The SMILES string of the molecule is COc1ccc(/C(C)=N/Nc2nc3c(c(=O)n(C)c(=O)n3C)n2Cc2ccccc2)cc1. The predicted molar refractivity (Wildman–Crippen MR) is 125 cm³/mol. The molecule has 0 spiro atoms. The number of nitrogens with zero attached hydrogens (tertiary/aromatic N) is 5. The van der Waals surface area contributed by atoms with E-state index >= 15 is 0 Å². The van der Waals surface area contributed by atoms with Crippen LogP contribution in [0.2, 0.25) is 0 Å². The highest BCUT2D eigenvalue weighted by Gasteiger charge is 2.19. The van der Waals surface area contributed by atoms with Crippen molar-refractivity contribution in [2.45, 2.75) is 13.5 Å². The van der Waals surface area contributed by atoms with Crippen LogP contribution in [0.5, 0.6) is 5.75 Å². The second kappa shape index (κ2) is 8.54. The summed E-state index contributed by atoms with van der Waals surface area (Å²) in [7, 11) is 4.68. The summed E-state index contributed by atoms with van der Waals surface area (Å²) in [6.07, 6.45) is 0. The van der Waals surface area contributed by atoms with Gasteiger partial charge in [-0.25, -0.2) is 10.2 Å². The minimum Gasteiger partial charge on any atom is -0.497 e. The summed E-state index contributed by atoms with van der Waals surface area (Å²) in [4.78, 5) is 29.9. The average Bonchev–Trinajstić information content (AvgIpc) is 3.18. The van der Waals surface area contributed by atoms with Crippen LogP contribution < -0.4 is 21.4 Å². The molecule has 1 N–H and O–H groups in total. The van der Waals surface area contributed by atoms with E-state index in [1.807, 2.05) is 61.5 Å². The van der Waals surface area contributed by atoms with Gasteiger partial charge in [0.25, 0.3) is 5.56 Å². The lowest BCUT2D eigenvalue weighted by Gasteiger charge is -2.10. The molecule has 0 bridgehead atoms. The Balaban J connectivity index is 1.81. The molecule has 164 valence electrons. The molecule has 4 aromatic rings. The molecule has 9 nitrogen and oxygen atoms in total. The fourth-order valence-corrected chi connectivity index (χ4v) is 3.48. The first-order valence-electron chi connectivity index (χ1n) is 10.1. The molecule has 32 heavy (non-hydrogen) atoms. The number of aryl methyl sites for hydroxylation is 1. The van der Waals surface area contributed by atoms with Gasteiger partial charge in [-0.05, 0) is 42.3 Å². The maximum atomic E-state index is 13.0. The van der Waals surface area contributed by atoms with E-state index in [1.165, 1.54) is 11.6 Å². The number of rotatable bonds is 6. The summed E-state index contributed by atoms with van der Waals surface area (Å²) in [5.74, 6) is 1.13. The third-order valence-electron chi connectivity index (χ3n) is 5.36. The lowest BCUT2D eigenvalue weighted by Crippen LogP contribution is -2.37. The van der Waals surface area contributed by atoms with E-state index in [0.717, 1.165) is 27.2 Å². The number of imidazole rings is 1. The molecule has 0 radical (unpaired) electrons. The molecule has 4 rings (SSSR count). The smallest absolute Gasteiger partial charge is 0.332 e. The van der Waals surface area contributed by atoms with Crippen LogP contribution in [0.3, 0.4) is 0 Å². The monoisotopic (exact) mass is 432 g/mol. The van der Waals surface area contributed by atoms with Crippen LogP contribution in [-0.2, 0) is 20.6 Å². The van der Waals surface area contributed by atoms with E-state index in [1.54, 1.807) is 18.7 Å². The molecule has 0 amide bonds. The van der Waals surface area contributed by atoms with Crippen LogP contribution in [0.1, 0.15) is 18.1 Å². The number of methoxy groups -OCH3 is 1. The zero-order valence-corrected chi connectivity index (χ0v) is 18.4. The van der Waals surface area contributed by atoms with Crippen LogP contribution >= 0.6 is 0 Å². The van der Waals surface area contributed by atoms with Gasteiger partial charge in [0, 0.05) is 14.1 Å². The fourth-order valence-electron chi connectivity index (χ4n) is 3.48. The van der Waals surface area contributed by atoms with Crippen molar-refractivity contribution in [2.75, 3.05) is 12.5 Å². The molecule has 0 saturated carbocycles. The molecular formula is C23H24N6O3. The molecule has 0 fully saturated rings. The Bertz CT molecular complexity index is 1410. The van der Waals surface area contributed by atoms with E-state index in [2.05, 4.69) is 15.5 Å². The first-order valence-corrected chi connectivity index (χ1v) is 10.1. The normalized spacial score (nSPS) is 11.7. The first-order chi connectivity index (χ1) is 15.4. The zero-order chi connectivity index (χ0) is 22.8. The maximum Gasteiger partial charge on any atom is 0.332 e. The summed E-state index contributed by atoms with van der Waals surface area (Å²) in [5, 5.41) is 4.47. The van der Waals surface area contributed by atoms with E-state index in [0.29, 0.717) is 23.7 Å². The molecular weight excluding hydrogens is 408 g/mol. The Hall–Kier alpha value is -4.14. The van der Waals surface area contributed by atoms with Crippen LogP contribution in [0.4, 0.5) is 5.95 Å². The number of nitrogens with one attached hydrogen (secondary N) is 1. The number of hydrazone groups is 1. The standard InChI is InChI=1S/C23H24N6O3/c1-15(17-10-12-18(32-4)13-11-17)25-26-22-24-20-19(21(30)28(3)23(31)27(20)2)29(22)14-16-8-6-5-7-9-16/h5-13H,14H2,1-4H3,(H,24,26)/b25-15+. The molecule has 0 saturated heterocycles. The van der Waals surface area contributed by atoms with Crippen molar-refractivity contribution in [3.05, 3.63) is 86.6 Å². The highest BCUT2D eigenvalue weighted by molar-refractivity contribution is 5.99. The van der Waals surface area contributed by atoms with Gasteiger partial charge in [-0.15, -0.1) is 0 Å². The van der Waals surface area contributed by atoms with Crippen LogP contribution in [0.25, 0.3) is 11.2 Å². The molecule has 0 atom stereocenters. The van der Waals surface area contributed by atoms with E-state index in [9.17, 15) is 9.59 Å². The Morgan fingerprint density at radius 2 is 1.72 bits per heavy atom. The Labute approximate surface area is 184 Å². The van der Waals surface area contributed by atoms with Crippen molar-refractivity contribution in [1.82, 2.24) is 18.7 Å². The van der Waals surface area contributed by atoms with Gasteiger partial charge in [-0.1, -0.05) is 30.3 Å². The number of fused-ring (bicyclic) bond motifs is 1. The second-order valence-electron chi connectivity index (χ2n) is 7.42. The van der Waals surface area contributed by atoms with Crippen molar-refractivity contribution in [1.29, 1.82) is 0 Å². The highest BCUT2D eigenvalue weighted by Crippen LogP contribution is 2.18. The molecule has 2 aromatic heterocycles.